The summed E-state index contributed by atoms with van der Waals surface area (Å²) < 4.78 is 4.94. The summed E-state index contributed by atoms with van der Waals surface area (Å²) in [6.45, 7) is 0.803. The molecule has 0 bridgehead atoms. The fourth-order valence-electron chi connectivity index (χ4n) is 0.574. The maximum atomic E-state index is 8.43. The van der Waals surface area contributed by atoms with Gasteiger partial charge in [-0.05, 0) is 12.8 Å². The molecule has 0 aromatic rings. The van der Waals surface area contributed by atoms with Crippen molar-refractivity contribution in [3.63, 3.8) is 0 Å². The van der Waals surface area contributed by atoms with Gasteiger partial charge < -0.3 is 9.84 Å². The minimum Gasteiger partial charge on any atom is -0.447 e. The van der Waals surface area contributed by atoms with E-state index in [1.807, 2.05) is 0 Å². The zero-order valence-electron chi connectivity index (χ0n) is 7.18. The van der Waals surface area contributed by atoms with Gasteiger partial charge in [0.25, 0.3) is 0 Å². The Balaban J connectivity index is 3.06. The summed E-state index contributed by atoms with van der Waals surface area (Å²) >= 11 is 0. The normalized spacial score (nSPS) is 8.00. The van der Waals surface area contributed by atoms with Crippen LogP contribution in [-0.2, 0) is 4.74 Å². The van der Waals surface area contributed by atoms with Crippen LogP contribution < -0.4 is 0 Å². The van der Waals surface area contributed by atoms with Gasteiger partial charge in [-0.3, -0.25) is 0 Å². The van der Waals surface area contributed by atoms with Crippen molar-refractivity contribution in [2.45, 2.75) is 25.7 Å². The highest BCUT2D eigenvalue weighted by atomic mass is 16.5. The third-order valence-electron chi connectivity index (χ3n) is 1.19. The van der Waals surface area contributed by atoms with E-state index in [0.717, 1.165) is 12.8 Å². The van der Waals surface area contributed by atoms with Crippen LogP contribution in [0.3, 0.4) is 0 Å². The van der Waals surface area contributed by atoms with Crippen molar-refractivity contribution >= 4 is 0 Å². The first-order chi connectivity index (χ1) is 5.91. The number of unbranched alkanes of at least 4 members (excludes halogenated alkanes) is 2. The highest BCUT2D eigenvalue weighted by Gasteiger charge is 1.83. The number of hydrogen-bond acceptors (Lipinski definition) is 2. The van der Waals surface area contributed by atoms with Gasteiger partial charge in [0.1, 0.15) is 12.7 Å². The third kappa shape index (κ3) is 8.88. The molecule has 1 N–H and O–H groups in total. The minimum atomic E-state index is 0.216. The average molecular weight is 166 g/mol. The molecular formula is C10H14O2. The van der Waals surface area contributed by atoms with Crippen molar-refractivity contribution in [1.29, 1.82) is 0 Å². The molecule has 0 spiro atoms. The van der Waals surface area contributed by atoms with Crippen LogP contribution in [0, 0.1) is 24.4 Å². The number of aliphatic hydroxyl groups excluding tert-OH is 1. The predicted molar refractivity (Wildman–Crippen MR) is 48.1 cm³/mol. The molecular weight excluding hydrogens is 152 g/mol. The van der Waals surface area contributed by atoms with Gasteiger partial charge in [-0.1, -0.05) is 5.92 Å². The molecule has 2 heteroatoms. The molecule has 0 rings (SSSR count). The molecule has 66 valence electrons. The second-order valence-corrected chi connectivity index (χ2v) is 2.26. The summed E-state index contributed by atoms with van der Waals surface area (Å²) in [5.41, 5.74) is 0. The van der Waals surface area contributed by atoms with Crippen molar-refractivity contribution in [3.8, 4) is 24.4 Å². The molecule has 2 nitrogen and oxygen atoms in total. The van der Waals surface area contributed by atoms with Crippen LogP contribution in [0.5, 0.6) is 0 Å². The molecule has 0 fully saturated rings. The number of aliphatic hydroxyl groups is 1. The molecule has 0 saturated heterocycles. The number of terminal acetylenes is 1. The molecule has 0 radical (unpaired) electrons. The third-order valence-corrected chi connectivity index (χ3v) is 1.19. The van der Waals surface area contributed by atoms with Crippen LogP contribution in [0.15, 0.2) is 0 Å². The van der Waals surface area contributed by atoms with Crippen molar-refractivity contribution in [2.24, 2.45) is 0 Å². The smallest absolute Gasteiger partial charge is 0.110 e. The fourth-order valence-corrected chi connectivity index (χ4v) is 0.574. The van der Waals surface area contributed by atoms with E-state index in [9.17, 15) is 0 Å². The molecule has 0 heterocycles. The van der Waals surface area contributed by atoms with Gasteiger partial charge in [-0.25, -0.2) is 0 Å². The lowest BCUT2D eigenvalue weighted by Crippen LogP contribution is -1.90. The van der Waals surface area contributed by atoms with Gasteiger partial charge >= 0.3 is 0 Å². The van der Waals surface area contributed by atoms with Crippen LogP contribution in [-0.4, -0.2) is 18.3 Å². The minimum absolute atomic E-state index is 0.216. The number of rotatable bonds is 5. The van der Waals surface area contributed by atoms with Crippen molar-refractivity contribution in [1.82, 2.24) is 0 Å². The summed E-state index contributed by atoms with van der Waals surface area (Å²) in [7, 11) is 0. The Morgan fingerprint density at radius 1 is 1.25 bits per heavy atom. The van der Waals surface area contributed by atoms with E-state index in [4.69, 9.17) is 16.3 Å². The van der Waals surface area contributed by atoms with Crippen molar-refractivity contribution in [2.75, 3.05) is 13.2 Å². The molecule has 0 atom stereocenters. The molecule has 0 aromatic heterocycles. The number of hydrogen-bond donors (Lipinski definition) is 1. The topological polar surface area (TPSA) is 29.5 Å². The van der Waals surface area contributed by atoms with E-state index in [-0.39, 0.29) is 6.61 Å². The average Bonchev–Trinajstić information content (AvgIpc) is 2.10. The molecule has 0 aliphatic rings. The van der Waals surface area contributed by atoms with Gasteiger partial charge in [-0.15, -0.1) is 12.3 Å². The second-order valence-electron chi connectivity index (χ2n) is 2.26. The molecule has 0 aromatic carbocycles. The van der Waals surface area contributed by atoms with E-state index in [2.05, 4.69) is 17.9 Å². The van der Waals surface area contributed by atoms with Crippen molar-refractivity contribution in [3.05, 3.63) is 0 Å². The summed E-state index contributed by atoms with van der Waals surface area (Å²) in [6.07, 6.45) is 10.6. The van der Waals surface area contributed by atoms with Crippen LogP contribution >= 0.6 is 0 Å². The highest BCUT2D eigenvalue weighted by Crippen LogP contribution is 1.87. The zero-order chi connectivity index (χ0) is 9.07. The molecule has 12 heavy (non-hydrogen) atoms. The van der Waals surface area contributed by atoms with Gasteiger partial charge in [0.2, 0.25) is 0 Å². The van der Waals surface area contributed by atoms with E-state index in [0.29, 0.717) is 19.4 Å². The second kappa shape index (κ2) is 9.88. The Bertz CT molecular complexity index is 180. The summed E-state index contributed by atoms with van der Waals surface area (Å²) in [4.78, 5) is 0. The van der Waals surface area contributed by atoms with Gasteiger partial charge in [0.05, 0.1) is 0 Å². The van der Waals surface area contributed by atoms with E-state index >= 15 is 0 Å². The Kier molecular flexibility index (Phi) is 8.96. The van der Waals surface area contributed by atoms with Crippen molar-refractivity contribution < 1.29 is 9.84 Å². The lowest BCUT2D eigenvalue weighted by Gasteiger charge is -1.94. The molecule has 0 aliphatic carbocycles. The highest BCUT2D eigenvalue weighted by molar-refractivity contribution is 4.96. The van der Waals surface area contributed by atoms with Crippen LogP contribution in [0.4, 0.5) is 0 Å². The Morgan fingerprint density at radius 2 is 2.08 bits per heavy atom. The van der Waals surface area contributed by atoms with Crippen LogP contribution in [0.25, 0.3) is 0 Å². The molecule has 0 amide bonds. The summed E-state index contributed by atoms with van der Waals surface area (Å²) in [6, 6.07) is 0. The van der Waals surface area contributed by atoms with E-state index in [1.54, 1.807) is 0 Å². The fraction of sp³-hybridized carbons (Fsp3) is 0.600. The monoisotopic (exact) mass is 166 g/mol. The Hall–Kier alpha value is -1.12. The molecule has 0 saturated carbocycles. The molecule has 0 aliphatic heterocycles. The Labute approximate surface area is 73.9 Å². The summed E-state index contributed by atoms with van der Waals surface area (Å²) in [5.74, 6) is 5.27. The lowest BCUT2D eigenvalue weighted by atomic mass is 10.3. The number of ether oxygens (including phenoxy) is 1. The van der Waals surface area contributed by atoms with E-state index < -0.39 is 0 Å². The maximum Gasteiger partial charge on any atom is 0.110 e. The van der Waals surface area contributed by atoms with Gasteiger partial charge in [0, 0.05) is 19.4 Å². The standard InChI is InChI=1S/C10H14O2/c1-2-3-4-6-9-12-10-7-5-8-11/h1,11H,3-5,7-8,10H2. The first kappa shape index (κ1) is 10.9. The van der Waals surface area contributed by atoms with Crippen LogP contribution in [0.2, 0.25) is 0 Å². The quantitative estimate of drug-likeness (QED) is 0.490. The predicted octanol–water partition coefficient (Wildman–Crippen LogP) is 1.15. The lowest BCUT2D eigenvalue weighted by molar-refractivity contribution is 0.235. The summed E-state index contributed by atoms with van der Waals surface area (Å²) in [5, 5.41) is 8.43. The van der Waals surface area contributed by atoms with Crippen LogP contribution in [0.1, 0.15) is 25.7 Å². The largest absolute Gasteiger partial charge is 0.447 e. The zero-order valence-corrected chi connectivity index (χ0v) is 7.18. The SMILES string of the molecule is C#CCCC#COCCCCO. The first-order valence-electron chi connectivity index (χ1n) is 4.05. The Morgan fingerprint density at radius 3 is 2.75 bits per heavy atom. The van der Waals surface area contributed by atoms with Gasteiger partial charge in [0.15, 0.2) is 0 Å². The van der Waals surface area contributed by atoms with Gasteiger partial charge in [-0.2, -0.15) is 0 Å². The maximum absolute atomic E-state index is 8.43. The first-order valence-corrected chi connectivity index (χ1v) is 4.05. The molecule has 0 unspecified atom stereocenters. The van der Waals surface area contributed by atoms with E-state index in [1.165, 1.54) is 0 Å².